The minimum absolute atomic E-state index is 0.0926. The lowest BCUT2D eigenvalue weighted by Gasteiger charge is -2.18. The number of carbonyl (C=O) groups excluding carboxylic acids is 1. The first kappa shape index (κ1) is 13.6. The van der Waals surface area contributed by atoms with Crippen LogP contribution >= 0.6 is 0 Å². The lowest BCUT2D eigenvalue weighted by atomic mass is 10.0. The highest BCUT2D eigenvalue weighted by molar-refractivity contribution is 5.96. The number of phenolic OH excluding ortho intramolecular Hbond substituents is 1. The highest BCUT2D eigenvalue weighted by Crippen LogP contribution is 2.31. The van der Waals surface area contributed by atoms with Crippen molar-refractivity contribution in [2.45, 2.75) is 25.5 Å². The summed E-state index contributed by atoms with van der Waals surface area (Å²) in [6.07, 6.45) is -0.0795. The number of hydrogen-bond donors (Lipinski definition) is 3. The van der Waals surface area contributed by atoms with E-state index in [2.05, 4.69) is 5.32 Å². The summed E-state index contributed by atoms with van der Waals surface area (Å²) in [5.74, 6) is -0.195. The van der Waals surface area contributed by atoms with Crippen LogP contribution in [-0.4, -0.2) is 22.2 Å². The van der Waals surface area contributed by atoms with E-state index in [1.165, 1.54) is 0 Å². The maximum atomic E-state index is 12.4. The van der Waals surface area contributed by atoms with Crippen molar-refractivity contribution in [1.82, 2.24) is 5.32 Å². The number of phenols is 1. The van der Waals surface area contributed by atoms with Crippen molar-refractivity contribution in [2.75, 3.05) is 0 Å². The molecule has 1 amide bonds. The molecule has 0 radical (unpaired) electrons. The van der Waals surface area contributed by atoms with Gasteiger partial charge in [-0.1, -0.05) is 30.3 Å². The number of benzene rings is 2. The molecule has 1 aliphatic rings. The van der Waals surface area contributed by atoms with Crippen LogP contribution in [0.3, 0.4) is 0 Å². The van der Waals surface area contributed by atoms with Crippen LogP contribution < -0.4 is 5.32 Å². The third-order valence-corrected chi connectivity index (χ3v) is 4.04. The van der Waals surface area contributed by atoms with Gasteiger partial charge in [0.1, 0.15) is 5.75 Å². The molecule has 3 N–H and O–H groups in total. The fourth-order valence-electron chi connectivity index (χ4n) is 2.84. The Balaban J connectivity index is 1.87. The average molecular weight is 283 g/mol. The minimum Gasteiger partial charge on any atom is -0.508 e. The summed E-state index contributed by atoms with van der Waals surface area (Å²) in [5, 5.41) is 22.7. The Hall–Kier alpha value is -2.33. The van der Waals surface area contributed by atoms with Crippen LogP contribution in [0.4, 0.5) is 0 Å². The highest BCUT2D eigenvalue weighted by atomic mass is 16.3. The molecular formula is C17H17NO3. The van der Waals surface area contributed by atoms with Crippen molar-refractivity contribution in [3.8, 4) is 5.75 Å². The highest BCUT2D eigenvalue weighted by Gasteiger charge is 2.32. The van der Waals surface area contributed by atoms with Gasteiger partial charge in [-0.05, 0) is 30.2 Å². The van der Waals surface area contributed by atoms with Crippen molar-refractivity contribution in [3.63, 3.8) is 0 Å². The standard InChI is InChI=1S/C17H17NO3/c1-10-12(7-4-8-14(10)19)17(21)18-16-13-6-3-2-5-11(13)9-15(16)20/h2-8,15-16,19-20H,9H2,1H3,(H,18,21)/t15-,16+/m1/s1. The van der Waals surface area contributed by atoms with Gasteiger partial charge in [0.05, 0.1) is 12.1 Å². The summed E-state index contributed by atoms with van der Waals surface area (Å²) >= 11 is 0. The summed E-state index contributed by atoms with van der Waals surface area (Å²) in [4.78, 5) is 12.4. The number of nitrogens with one attached hydrogen (secondary N) is 1. The lowest BCUT2D eigenvalue weighted by molar-refractivity contribution is 0.0857. The molecule has 0 aliphatic heterocycles. The van der Waals surface area contributed by atoms with Gasteiger partial charge in [-0.15, -0.1) is 0 Å². The minimum atomic E-state index is -0.621. The molecule has 0 fully saturated rings. The summed E-state index contributed by atoms with van der Waals surface area (Å²) in [7, 11) is 0. The molecule has 4 heteroatoms. The van der Waals surface area contributed by atoms with E-state index in [4.69, 9.17) is 0 Å². The second-order valence-electron chi connectivity index (χ2n) is 5.37. The smallest absolute Gasteiger partial charge is 0.252 e. The second kappa shape index (κ2) is 5.22. The van der Waals surface area contributed by atoms with E-state index in [0.717, 1.165) is 11.1 Å². The van der Waals surface area contributed by atoms with E-state index in [0.29, 0.717) is 17.5 Å². The van der Waals surface area contributed by atoms with Crippen molar-refractivity contribution < 1.29 is 15.0 Å². The van der Waals surface area contributed by atoms with Crippen molar-refractivity contribution in [2.24, 2.45) is 0 Å². The molecule has 0 unspecified atom stereocenters. The fraction of sp³-hybridized carbons (Fsp3) is 0.235. The number of aliphatic hydroxyl groups excluding tert-OH is 1. The molecule has 108 valence electrons. The average Bonchev–Trinajstić information content (AvgIpc) is 2.78. The second-order valence-corrected chi connectivity index (χ2v) is 5.37. The largest absolute Gasteiger partial charge is 0.508 e. The zero-order chi connectivity index (χ0) is 15.0. The lowest BCUT2D eigenvalue weighted by Crippen LogP contribution is -2.34. The van der Waals surface area contributed by atoms with Crippen LogP contribution in [0.1, 0.15) is 33.1 Å². The zero-order valence-corrected chi connectivity index (χ0v) is 11.7. The van der Waals surface area contributed by atoms with Gasteiger partial charge in [0.2, 0.25) is 0 Å². The molecule has 0 saturated heterocycles. The number of amides is 1. The predicted molar refractivity (Wildman–Crippen MR) is 79.2 cm³/mol. The van der Waals surface area contributed by atoms with Crippen LogP contribution in [0.2, 0.25) is 0 Å². The van der Waals surface area contributed by atoms with Gasteiger partial charge in [-0.3, -0.25) is 4.79 Å². The molecule has 2 aromatic carbocycles. The Labute approximate surface area is 123 Å². The normalized spacial score (nSPS) is 20.1. The molecule has 4 nitrogen and oxygen atoms in total. The van der Waals surface area contributed by atoms with Crippen molar-refractivity contribution in [1.29, 1.82) is 0 Å². The number of carbonyl (C=O) groups is 1. The van der Waals surface area contributed by atoms with Crippen LogP contribution in [0, 0.1) is 6.92 Å². The predicted octanol–water partition coefficient (Wildman–Crippen LogP) is 2.09. The van der Waals surface area contributed by atoms with Gasteiger partial charge in [0, 0.05) is 17.5 Å². The first-order valence-electron chi connectivity index (χ1n) is 6.93. The molecule has 21 heavy (non-hydrogen) atoms. The molecule has 0 bridgehead atoms. The molecular weight excluding hydrogens is 266 g/mol. The zero-order valence-electron chi connectivity index (χ0n) is 11.7. The third kappa shape index (κ3) is 2.38. The van der Waals surface area contributed by atoms with Gasteiger partial charge in [0.15, 0.2) is 0 Å². The number of aromatic hydroxyl groups is 1. The van der Waals surface area contributed by atoms with Crippen LogP contribution in [-0.2, 0) is 6.42 Å². The van der Waals surface area contributed by atoms with Gasteiger partial charge >= 0.3 is 0 Å². The molecule has 0 heterocycles. The Morgan fingerprint density at radius 2 is 1.95 bits per heavy atom. The molecule has 0 saturated carbocycles. The third-order valence-electron chi connectivity index (χ3n) is 4.04. The van der Waals surface area contributed by atoms with Crippen LogP contribution in [0.15, 0.2) is 42.5 Å². The van der Waals surface area contributed by atoms with E-state index in [-0.39, 0.29) is 11.7 Å². The fourth-order valence-corrected chi connectivity index (χ4v) is 2.84. The summed E-state index contributed by atoms with van der Waals surface area (Å²) in [6.45, 7) is 1.70. The Bertz CT molecular complexity index is 696. The Morgan fingerprint density at radius 1 is 1.19 bits per heavy atom. The summed E-state index contributed by atoms with van der Waals surface area (Å²) < 4.78 is 0. The van der Waals surface area contributed by atoms with Crippen molar-refractivity contribution in [3.05, 3.63) is 64.7 Å². The van der Waals surface area contributed by atoms with E-state index in [1.54, 1.807) is 25.1 Å². The maximum Gasteiger partial charge on any atom is 0.252 e. The number of fused-ring (bicyclic) bond motifs is 1. The first-order chi connectivity index (χ1) is 10.1. The van der Waals surface area contributed by atoms with Gasteiger partial charge in [-0.25, -0.2) is 0 Å². The number of hydrogen-bond acceptors (Lipinski definition) is 3. The van der Waals surface area contributed by atoms with Gasteiger partial charge < -0.3 is 15.5 Å². The van der Waals surface area contributed by atoms with Gasteiger partial charge in [0.25, 0.3) is 5.91 Å². The van der Waals surface area contributed by atoms with E-state index in [1.807, 2.05) is 24.3 Å². The Morgan fingerprint density at radius 3 is 2.76 bits per heavy atom. The van der Waals surface area contributed by atoms with E-state index in [9.17, 15) is 15.0 Å². The van der Waals surface area contributed by atoms with Crippen molar-refractivity contribution >= 4 is 5.91 Å². The summed E-state index contributed by atoms with van der Waals surface area (Å²) in [5.41, 5.74) is 2.97. The maximum absolute atomic E-state index is 12.4. The molecule has 0 spiro atoms. The topological polar surface area (TPSA) is 69.6 Å². The molecule has 2 aromatic rings. The number of aliphatic hydroxyl groups is 1. The van der Waals surface area contributed by atoms with E-state index < -0.39 is 12.1 Å². The first-order valence-corrected chi connectivity index (χ1v) is 6.93. The molecule has 1 aliphatic carbocycles. The Kier molecular flexibility index (Phi) is 3.39. The molecule has 2 atom stereocenters. The quantitative estimate of drug-likeness (QED) is 0.790. The van der Waals surface area contributed by atoms with E-state index >= 15 is 0 Å². The summed E-state index contributed by atoms with van der Waals surface area (Å²) in [6, 6.07) is 12.1. The van der Waals surface area contributed by atoms with Crippen LogP contribution in [0.5, 0.6) is 5.75 Å². The monoisotopic (exact) mass is 283 g/mol. The number of rotatable bonds is 2. The molecule has 0 aromatic heterocycles. The van der Waals surface area contributed by atoms with Crippen LogP contribution in [0.25, 0.3) is 0 Å². The molecule has 3 rings (SSSR count). The van der Waals surface area contributed by atoms with Gasteiger partial charge in [-0.2, -0.15) is 0 Å². The SMILES string of the molecule is Cc1c(O)cccc1C(=O)N[C@H]1c2ccccc2C[C@H]1O.